The number of thiophene rings is 1. The molecule has 1 amide bonds. The Labute approximate surface area is 124 Å². The minimum absolute atomic E-state index is 0.0637. The Hall–Kier alpha value is -2.54. The number of carboxylic acid groups (broad SMARTS) is 1. The summed E-state index contributed by atoms with van der Waals surface area (Å²) in [4.78, 5) is 23.2. The van der Waals surface area contributed by atoms with Gasteiger partial charge in [-0.05, 0) is 18.2 Å². The predicted molar refractivity (Wildman–Crippen MR) is 78.8 cm³/mol. The fourth-order valence-electron chi connectivity index (χ4n) is 1.73. The largest absolute Gasteiger partial charge is 0.493 e. The number of nitrogens with one attached hydrogen (secondary N) is 1. The summed E-state index contributed by atoms with van der Waals surface area (Å²) in [5.74, 6) is -0.569. The maximum Gasteiger partial charge on any atom is 0.338 e. The zero-order valence-electron chi connectivity index (χ0n) is 11.4. The number of anilines is 1. The lowest BCUT2D eigenvalue weighted by molar-refractivity contribution is 0.0698. The van der Waals surface area contributed by atoms with Gasteiger partial charge in [-0.15, -0.1) is 11.3 Å². The molecule has 0 bridgehead atoms. The van der Waals surface area contributed by atoms with Gasteiger partial charge >= 0.3 is 5.97 Å². The van der Waals surface area contributed by atoms with E-state index in [0.29, 0.717) is 17.1 Å². The van der Waals surface area contributed by atoms with Crippen molar-refractivity contribution in [3.8, 4) is 11.5 Å². The molecule has 7 heteroatoms. The van der Waals surface area contributed by atoms with E-state index in [2.05, 4.69) is 5.32 Å². The third-order valence-electron chi connectivity index (χ3n) is 2.79. The van der Waals surface area contributed by atoms with E-state index in [1.807, 2.05) is 0 Å². The molecule has 0 aliphatic heterocycles. The molecule has 0 spiro atoms. The topological polar surface area (TPSA) is 84.9 Å². The average molecular weight is 307 g/mol. The molecule has 0 aliphatic carbocycles. The van der Waals surface area contributed by atoms with E-state index in [1.54, 1.807) is 17.5 Å². The van der Waals surface area contributed by atoms with Gasteiger partial charge in [-0.25, -0.2) is 4.79 Å². The zero-order valence-corrected chi connectivity index (χ0v) is 12.2. The van der Waals surface area contributed by atoms with E-state index in [-0.39, 0.29) is 11.3 Å². The molecule has 0 fully saturated rings. The highest BCUT2D eigenvalue weighted by Gasteiger charge is 2.16. The van der Waals surface area contributed by atoms with E-state index in [4.69, 9.17) is 14.6 Å². The second kappa shape index (κ2) is 6.27. The number of hydrogen-bond acceptors (Lipinski definition) is 5. The molecule has 2 aromatic rings. The fraction of sp³-hybridized carbons (Fsp3) is 0.143. The molecule has 110 valence electrons. The van der Waals surface area contributed by atoms with Gasteiger partial charge in [0, 0.05) is 16.3 Å². The van der Waals surface area contributed by atoms with Crippen LogP contribution in [-0.2, 0) is 0 Å². The summed E-state index contributed by atoms with van der Waals surface area (Å²) in [5.41, 5.74) is 0.677. The van der Waals surface area contributed by atoms with Crippen LogP contribution < -0.4 is 14.8 Å². The Morgan fingerprint density at radius 1 is 1.14 bits per heavy atom. The Balaban J connectivity index is 2.24. The highest BCUT2D eigenvalue weighted by atomic mass is 32.1. The maximum absolute atomic E-state index is 12.2. The van der Waals surface area contributed by atoms with Crippen molar-refractivity contribution in [2.45, 2.75) is 0 Å². The summed E-state index contributed by atoms with van der Waals surface area (Å²) >= 11 is 1.21. The summed E-state index contributed by atoms with van der Waals surface area (Å²) in [6.45, 7) is 0. The van der Waals surface area contributed by atoms with E-state index < -0.39 is 11.9 Å². The van der Waals surface area contributed by atoms with Crippen LogP contribution in [0.5, 0.6) is 11.5 Å². The number of hydrogen-bond donors (Lipinski definition) is 2. The lowest BCUT2D eigenvalue weighted by atomic mass is 10.1. The quantitative estimate of drug-likeness (QED) is 0.887. The highest BCUT2D eigenvalue weighted by molar-refractivity contribution is 7.08. The van der Waals surface area contributed by atoms with Gasteiger partial charge in [0.1, 0.15) is 0 Å². The monoisotopic (exact) mass is 307 g/mol. The molecule has 0 unspecified atom stereocenters. The standard InChI is InChI=1S/C14H13NO5S/c1-19-11-4-3-8(5-12(11)20-2)13(16)15-10-7-21-6-9(10)14(17)18/h3-7H,1-2H3,(H,15,16)(H,17,18). The smallest absolute Gasteiger partial charge is 0.338 e. The summed E-state index contributed by atoms with van der Waals surface area (Å²) in [5, 5.41) is 14.6. The van der Waals surface area contributed by atoms with Gasteiger partial charge in [-0.3, -0.25) is 4.79 Å². The molecule has 2 N–H and O–H groups in total. The minimum atomic E-state index is -1.08. The van der Waals surface area contributed by atoms with E-state index in [1.165, 1.54) is 37.0 Å². The van der Waals surface area contributed by atoms with Gasteiger partial charge in [0.2, 0.25) is 0 Å². The van der Waals surface area contributed by atoms with Crippen LogP contribution in [0.2, 0.25) is 0 Å². The molecule has 0 atom stereocenters. The first-order valence-corrected chi connectivity index (χ1v) is 6.84. The zero-order chi connectivity index (χ0) is 15.4. The van der Waals surface area contributed by atoms with Crippen LogP contribution in [0, 0.1) is 0 Å². The first kappa shape index (κ1) is 14.9. The van der Waals surface area contributed by atoms with Crippen LogP contribution in [0.15, 0.2) is 29.0 Å². The van der Waals surface area contributed by atoms with Crippen molar-refractivity contribution in [1.29, 1.82) is 0 Å². The van der Waals surface area contributed by atoms with Crippen molar-refractivity contribution in [3.63, 3.8) is 0 Å². The molecular formula is C14H13NO5S. The number of aromatic carboxylic acids is 1. The Morgan fingerprint density at radius 3 is 2.48 bits per heavy atom. The second-order valence-corrected chi connectivity index (χ2v) is 4.77. The molecular weight excluding hydrogens is 294 g/mol. The van der Waals surface area contributed by atoms with Crippen molar-refractivity contribution < 1.29 is 24.2 Å². The molecule has 1 heterocycles. The van der Waals surface area contributed by atoms with Crippen LogP contribution in [-0.4, -0.2) is 31.2 Å². The second-order valence-electron chi connectivity index (χ2n) is 4.03. The molecule has 0 saturated heterocycles. The third kappa shape index (κ3) is 3.14. The number of amides is 1. The van der Waals surface area contributed by atoms with Crippen molar-refractivity contribution in [1.82, 2.24) is 0 Å². The highest BCUT2D eigenvalue weighted by Crippen LogP contribution is 2.28. The molecule has 1 aromatic carbocycles. The molecule has 21 heavy (non-hydrogen) atoms. The van der Waals surface area contributed by atoms with Gasteiger partial charge in [0.05, 0.1) is 25.5 Å². The molecule has 6 nitrogen and oxygen atoms in total. The van der Waals surface area contributed by atoms with Crippen molar-refractivity contribution in [3.05, 3.63) is 40.1 Å². The number of methoxy groups -OCH3 is 2. The first-order valence-electron chi connectivity index (χ1n) is 5.89. The van der Waals surface area contributed by atoms with Crippen LogP contribution in [0.4, 0.5) is 5.69 Å². The van der Waals surface area contributed by atoms with Gasteiger partial charge in [-0.2, -0.15) is 0 Å². The number of carbonyl (C=O) groups is 2. The van der Waals surface area contributed by atoms with Gasteiger partial charge in [0.15, 0.2) is 11.5 Å². The fourth-order valence-corrected chi connectivity index (χ4v) is 2.49. The van der Waals surface area contributed by atoms with Crippen LogP contribution in [0.25, 0.3) is 0 Å². The lowest BCUT2D eigenvalue weighted by Gasteiger charge is -2.10. The number of carboxylic acids is 1. The summed E-state index contributed by atoms with van der Waals surface area (Å²) < 4.78 is 10.2. The number of benzene rings is 1. The van der Waals surface area contributed by atoms with Crippen LogP contribution >= 0.6 is 11.3 Å². The van der Waals surface area contributed by atoms with E-state index in [0.717, 1.165) is 0 Å². The SMILES string of the molecule is COc1ccc(C(=O)Nc2cscc2C(=O)O)cc1OC. The van der Waals surface area contributed by atoms with Crippen LogP contribution in [0.1, 0.15) is 20.7 Å². The van der Waals surface area contributed by atoms with Crippen molar-refractivity contribution >= 4 is 28.9 Å². The Morgan fingerprint density at radius 2 is 1.86 bits per heavy atom. The van der Waals surface area contributed by atoms with E-state index >= 15 is 0 Å². The summed E-state index contributed by atoms with van der Waals surface area (Å²) in [6, 6.07) is 4.71. The summed E-state index contributed by atoms with van der Waals surface area (Å²) in [7, 11) is 2.98. The normalized spacial score (nSPS) is 10.0. The maximum atomic E-state index is 12.2. The van der Waals surface area contributed by atoms with Crippen LogP contribution in [0.3, 0.4) is 0 Å². The molecule has 0 aliphatic rings. The molecule has 0 radical (unpaired) electrons. The van der Waals surface area contributed by atoms with E-state index in [9.17, 15) is 9.59 Å². The average Bonchev–Trinajstić information content (AvgIpc) is 2.94. The molecule has 2 rings (SSSR count). The number of ether oxygens (including phenoxy) is 2. The van der Waals surface area contributed by atoms with Gasteiger partial charge < -0.3 is 19.9 Å². The Kier molecular flexibility index (Phi) is 4.44. The van der Waals surface area contributed by atoms with Gasteiger partial charge in [-0.1, -0.05) is 0 Å². The van der Waals surface area contributed by atoms with Crippen molar-refractivity contribution in [2.75, 3.05) is 19.5 Å². The predicted octanol–water partition coefficient (Wildman–Crippen LogP) is 2.72. The van der Waals surface area contributed by atoms with Gasteiger partial charge in [0.25, 0.3) is 5.91 Å². The molecule has 1 aromatic heterocycles. The number of rotatable bonds is 5. The van der Waals surface area contributed by atoms with Crippen molar-refractivity contribution in [2.24, 2.45) is 0 Å². The number of carbonyl (C=O) groups excluding carboxylic acids is 1. The first-order chi connectivity index (χ1) is 10.1. The minimum Gasteiger partial charge on any atom is -0.493 e. The lowest BCUT2D eigenvalue weighted by Crippen LogP contribution is -2.13. The Bertz CT molecular complexity index is 680. The third-order valence-corrected chi connectivity index (χ3v) is 3.53. The molecule has 0 saturated carbocycles. The summed E-state index contributed by atoms with van der Waals surface area (Å²) in [6.07, 6.45) is 0.